The maximum atomic E-state index is 12.9. The highest BCUT2D eigenvalue weighted by Gasteiger charge is 2.54. The van der Waals surface area contributed by atoms with Crippen molar-refractivity contribution in [3.8, 4) is 0 Å². The first-order chi connectivity index (χ1) is 12.0. The lowest BCUT2D eigenvalue weighted by molar-refractivity contribution is -0.313. The molecule has 0 saturated heterocycles. The smallest absolute Gasteiger partial charge is 0.224 e. The van der Waals surface area contributed by atoms with Gasteiger partial charge in [-0.25, -0.2) is 0 Å². The summed E-state index contributed by atoms with van der Waals surface area (Å²) in [6.45, 7) is 2.17. The number of amides is 1. The van der Waals surface area contributed by atoms with Gasteiger partial charge < -0.3 is 15.2 Å². The minimum atomic E-state index is -1.09. The Morgan fingerprint density at radius 1 is 1.04 bits per heavy atom. The number of hydrogen-bond acceptors (Lipinski definition) is 3. The van der Waals surface area contributed by atoms with E-state index in [0.29, 0.717) is 12.8 Å². The van der Waals surface area contributed by atoms with Crippen LogP contribution in [0.1, 0.15) is 64.7 Å². The average Bonchev–Trinajstić information content (AvgIpc) is 2.58. The van der Waals surface area contributed by atoms with Crippen LogP contribution in [-0.2, 0) is 9.59 Å². The van der Waals surface area contributed by atoms with E-state index in [4.69, 9.17) is 0 Å². The molecule has 25 heavy (non-hydrogen) atoms. The lowest BCUT2D eigenvalue weighted by Gasteiger charge is -2.59. The fraction of sp³-hybridized carbons (Fsp3) is 0.810. The molecule has 4 saturated carbocycles. The zero-order chi connectivity index (χ0) is 17.6. The topological polar surface area (TPSA) is 69.2 Å². The van der Waals surface area contributed by atoms with Crippen LogP contribution in [-0.4, -0.2) is 17.9 Å². The second kappa shape index (κ2) is 6.44. The molecule has 3 atom stereocenters. The van der Waals surface area contributed by atoms with Gasteiger partial charge in [0, 0.05) is 23.8 Å². The SMILES string of the molecule is CC[C@@H](NC(=O)[C@H]1CC=CC[C@@H]1C(=O)[O-])C12CC3CC(CC(C3)C1)C2. The van der Waals surface area contributed by atoms with Crippen molar-refractivity contribution in [2.24, 2.45) is 35.0 Å². The lowest BCUT2D eigenvalue weighted by Crippen LogP contribution is -2.58. The molecular weight excluding hydrogens is 314 g/mol. The van der Waals surface area contributed by atoms with Crippen molar-refractivity contribution in [3.63, 3.8) is 0 Å². The molecule has 0 heterocycles. The number of carbonyl (C=O) groups is 2. The van der Waals surface area contributed by atoms with Gasteiger partial charge in [0.1, 0.15) is 0 Å². The van der Waals surface area contributed by atoms with Gasteiger partial charge in [-0.05, 0) is 81.0 Å². The summed E-state index contributed by atoms with van der Waals surface area (Å²) in [5.41, 5.74) is 0.265. The Kier molecular flexibility index (Phi) is 4.41. The number of allylic oxidation sites excluding steroid dienone is 2. The Morgan fingerprint density at radius 3 is 2.04 bits per heavy atom. The van der Waals surface area contributed by atoms with E-state index < -0.39 is 17.8 Å². The third-order valence-electron chi connectivity index (χ3n) is 7.62. The van der Waals surface area contributed by atoms with Crippen molar-refractivity contribution >= 4 is 11.9 Å². The van der Waals surface area contributed by atoms with E-state index in [2.05, 4.69) is 12.2 Å². The first-order valence-corrected chi connectivity index (χ1v) is 10.2. The number of aliphatic carboxylic acids is 1. The number of rotatable bonds is 5. The minimum Gasteiger partial charge on any atom is -0.550 e. The Labute approximate surface area is 150 Å². The Hall–Kier alpha value is -1.32. The molecule has 0 aliphatic heterocycles. The highest BCUT2D eigenvalue weighted by atomic mass is 16.4. The normalized spacial score (nSPS) is 43.0. The van der Waals surface area contributed by atoms with Crippen LogP contribution in [0.2, 0.25) is 0 Å². The van der Waals surface area contributed by atoms with Crippen molar-refractivity contribution in [1.29, 1.82) is 0 Å². The van der Waals surface area contributed by atoms with Gasteiger partial charge in [-0.2, -0.15) is 0 Å². The molecule has 1 N–H and O–H groups in total. The summed E-state index contributed by atoms with van der Waals surface area (Å²) < 4.78 is 0. The van der Waals surface area contributed by atoms with Gasteiger partial charge in [0.25, 0.3) is 0 Å². The third-order valence-corrected chi connectivity index (χ3v) is 7.62. The van der Waals surface area contributed by atoms with Crippen molar-refractivity contribution in [3.05, 3.63) is 12.2 Å². The van der Waals surface area contributed by atoms with Crippen LogP contribution in [0.25, 0.3) is 0 Å². The molecular formula is C21H30NO3-. The number of hydrogen-bond donors (Lipinski definition) is 1. The van der Waals surface area contributed by atoms with E-state index in [1.54, 1.807) is 0 Å². The largest absolute Gasteiger partial charge is 0.550 e. The Balaban J connectivity index is 1.49. The summed E-state index contributed by atoms with van der Waals surface area (Å²) in [7, 11) is 0. The van der Waals surface area contributed by atoms with Gasteiger partial charge in [0.2, 0.25) is 5.91 Å². The summed E-state index contributed by atoms with van der Waals surface area (Å²) in [4.78, 5) is 24.4. The lowest BCUT2D eigenvalue weighted by atomic mass is 9.47. The van der Waals surface area contributed by atoms with E-state index in [1.165, 1.54) is 38.5 Å². The van der Waals surface area contributed by atoms with Gasteiger partial charge in [-0.3, -0.25) is 4.79 Å². The fourth-order valence-corrected chi connectivity index (χ4v) is 6.94. The summed E-state index contributed by atoms with van der Waals surface area (Å²) >= 11 is 0. The van der Waals surface area contributed by atoms with E-state index in [0.717, 1.165) is 24.2 Å². The van der Waals surface area contributed by atoms with Crippen LogP contribution in [0, 0.1) is 35.0 Å². The molecule has 5 rings (SSSR count). The van der Waals surface area contributed by atoms with Crippen LogP contribution in [0.5, 0.6) is 0 Å². The highest BCUT2D eigenvalue weighted by molar-refractivity contribution is 5.85. The van der Waals surface area contributed by atoms with E-state index in [1.807, 2.05) is 12.2 Å². The molecule has 1 amide bonds. The first kappa shape index (κ1) is 17.1. The van der Waals surface area contributed by atoms with Crippen LogP contribution >= 0.6 is 0 Å². The van der Waals surface area contributed by atoms with E-state index in [-0.39, 0.29) is 17.4 Å². The van der Waals surface area contributed by atoms with E-state index >= 15 is 0 Å². The molecule has 0 spiro atoms. The summed E-state index contributed by atoms with van der Waals surface area (Å²) in [5.74, 6) is 0.243. The molecule has 138 valence electrons. The maximum absolute atomic E-state index is 12.9. The molecule has 0 aromatic heterocycles. The Bertz CT molecular complexity index is 546. The summed E-state index contributed by atoms with van der Waals surface area (Å²) in [6.07, 6.45) is 13.6. The van der Waals surface area contributed by atoms with Crippen LogP contribution in [0.15, 0.2) is 12.2 Å². The van der Waals surface area contributed by atoms with Crippen molar-refractivity contribution < 1.29 is 14.7 Å². The zero-order valence-electron chi connectivity index (χ0n) is 15.2. The number of carbonyl (C=O) groups excluding carboxylic acids is 2. The molecule has 4 nitrogen and oxygen atoms in total. The summed E-state index contributed by atoms with van der Waals surface area (Å²) in [6, 6.07) is 0.196. The minimum absolute atomic E-state index is 0.0684. The molecule has 4 bridgehead atoms. The van der Waals surface area contributed by atoms with Crippen molar-refractivity contribution in [1.82, 2.24) is 5.32 Å². The highest BCUT2D eigenvalue weighted by Crippen LogP contribution is 2.61. The predicted octanol–water partition coefficient (Wildman–Crippen LogP) is 2.43. The van der Waals surface area contributed by atoms with Crippen molar-refractivity contribution in [2.45, 2.75) is 70.8 Å². The number of carboxylic acid groups (broad SMARTS) is 1. The molecule has 0 aromatic rings. The third kappa shape index (κ3) is 3.02. The monoisotopic (exact) mass is 344 g/mol. The standard InChI is InChI=1S/C21H31NO3/c1-2-18(21-10-13-7-14(11-21)9-15(8-13)12-21)22-19(23)16-5-3-4-6-17(16)20(24)25/h3-4,13-18H,2,5-12H2,1H3,(H,22,23)(H,24,25)/p-1/t13?,14?,15?,16-,17-,18+,21?/m0/s1. The maximum Gasteiger partial charge on any atom is 0.224 e. The molecule has 4 heteroatoms. The van der Waals surface area contributed by atoms with Gasteiger partial charge in [-0.1, -0.05) is 19.1 Å². The van der Waals surface area contributed by atoms with Gasteiger partial charge in [0.15, 0.2) is 0 Å². The van der Waals surface area contributed by atoms with Crippen LogP contribution < -0.4 is 10.4 Å². The van der Waals surface area contributed by atoms with E-state index in [9.17, 15) is 14.7 Å². The van der Waals surface area contributed by atoms with Gasteiger partial charge >= 0.3 is 0 Å². The molecule has 5 aliphatic carbocycles. The van der Waals surface area contributed by atoms with Gasteiger partial charge in [-0.15, -0.1) is 0 Å². The quantitative estimate of drug-likeness (QED) is 0.779. The summed E-state index contributed by atoms with van der Waals surface area (Å²) in [5, 5.41) is 14.7. The Morgan fingerprint density at radius 2 is 1.56 bits per heavy atom. The molecule has 0 radical (unpaired) electrons. The zero-order valence-corrected chi connectivity index (χ0v) is 15.2. The first-order valence-electron chi connectivity index (χ1n) is 10.2. The fourth-order valence-electron chi connectivity index (χ4n) is 6.94. The second-order valence-corrected chi connectivity index (χ2v) is 9.22. The average molecular weight is 344 g/mol. The molecule has 0 aromatic carbocycles. The number of nitrogens with one attached hydrogen (secondary N) is 1. The van der Waals surface area contributed by atoms with Gasteiger partial charge in [0.05, 0.1) is 0 Å². The molecule has 0 unspecified atom stereocenters. The van der Waals surface area contributed by atoms with Crippen LogP contribution in [0.3, 0.4) is 0 Å². The number of carboxylic acids is 1. The predicted molar refractivity (Wildman–Crippen MR) is 93.2 cm³/mol. The second-order valence-electron chi connectivity index (χ2n) is 9.22. The van der Waals surface area contributed by atoms with Crippen LogP contribution in [0.4, 0.5) is 0 Å². The molecule has 5 aliphatic rings. The molecule has 4 fully saturated rings. The van der Waals surface area contributed by atoms with Crippen molar-refractivity contribution in [2.75, 3.05) is 0 Å².